The monoisotopic (exact) mass is 455 g/mol. The lowest BCUT2D eigenvalue weighted by molar-refractivity contribution is -0.143. The van der Waals surface area contributed by atoms with Gasteiger partial charge in [-0.15, -0.1) is 0 Å². The number of carbonyl (C=O) groups excluding carboxylic acids is 4. The highest BCUT2D eigenvalue weighted by Gasteiger charge is 2.38. The number of nitrogens with two attached hydrogens (primary N) is 2. The summed E-state index contributed by atoms with van der Waals surface area (Å²) in [6, 6.07) is -4.08. The second-order valence-electron chi connectivity index (χ2n) is 9.19. The highest BCUT2D eigenvalue weighted by molar-refractivity contribution is 5.96. The van der Waals surface area contributed by atoms with Gasteiger partial charge in [0.2, 0.25) is 23.6 Å². The van der Waals surface area contributed by atoms with Gasteiger partial charge in [0.1, 0.15) is 18.1 Å². The molecule has 0 saturated carbocycles. The molecule has 0 radical (unpaired) electrons. The number of primary amides is 1. The van der Waals surface area contributed by atoms with Crippen molar-refractivity contribution in [1.29, 1.82) is 0 Å². The Hall–Kier alpha value is -2.69. The van der Waals surface area contributed by atoms with E-state index in [1.807, 2.05) is 13.8 Å². The Bertz CT molecular complexity index is 711. The van der Waals surface area contributed by atoms with E-state index in [1.54, 1.807) is 13.8 Å². The highest BCUT2D eigenvalue weighted by Crippen LogP contribution is 2.20. The summed E-state index contributed by atoms with van der Waals surface area (Å²) in [5.74, 6) is -3.62. The van der Waals surface area contributed by atoms with Crippen molar-refractivity contribution in [2.75, 3.05) is 6.54 Å². The van der Waals surface area contributed by atoms with Crippen LogP contribution in [0.25, 0.3) is 0 Å². The maximum absolute atomic E-state index is 12.9. The first-order valence-corrected chi connectivity index (χ1v) is 11.0. The molecule has 0 aromatic carbocycles. The SMILES string of the molecule is CC(C)CC(N)C(=O)N1CCCC1C(=O)NC(CC(N)=O)C(=O)NC(CC(C)C)C(=O)O. The van der Waals surface area contributed by atoms with Crippen molar-refractivity contribution in [1.82, 2.24) is 15.5 Å². The molecular formula is C21H37N5O6. The number of carboxylic acid groups (broad SMARTS) is 1. The molecule has 1 rings (SSSR count). The number of rotatable bonds is 12. The summed E-state index contributed by atoms with van der Waals surface area (Å²) in [4.78, 5) is 62.6. The van der Waals surface area contributed by atoms with Crippen LogP contribution in [0.2, 0.25) is 0 Å². The molecule has 4 unspecified atom stereocenters. The summed E-state index contributed by atoms with van der Waals surface area (Å²) >= 11 is 0. The number of nitrogens with one attached hydrogen (secondary N) is 2. The van der Waals surface area contributed by atoms with Crippen LogP contribution in [0, 0.1) is 11.8 Å². The van der Waals surface area contributed by atoms with Gasteiger partial charge >= 0.3 is 5.97 Å². The topological polar surface area (TPSA) is 185 Å². The van der Waals surface area contributed by atoms with E-state index in [2.05, 4.69) is 10.6 Å². The van der Waals surface area contributed by atoms with Crippen LogP contribution >= 0.6 is 0 Å². The minimum absolute atomic E-state index is 0.00584. The van der Waals surface area contributed by atoms with Gasteiger partial charge in [-0.3, -0.25) is 19.2 Å². The average molecular weight is 456 g/mol. The summed E-state index contributed by atoms with van der Waals surface area (Å²) in [7, 11) is 0. The molecule has 0 aromatic heterocycles. The number of hydrogen-bond acceptors (Lipinski definition) is 6. The number of hydrogen-bond donors (Lipinski definition) is 5. The third-order valence-electron chi connectivity index (χ3n) is 5.24. The van der Waals surface area contributed by atoms with Crippen LogP contribution in [-0.2, 0) is 24.0 Å². The van der Waals surface area contributed by atoms with E-state index in [4.69, 9.17) is 11.5 Å². The summed E-state index contributed by atoms with van der Waals surface area (Å²) in [6.07, 6.45) is 1.14. The van der Waals surface area contributed by atoms with Crippen LogP contribution in [-0.4, -0.2) is 70.3 Å². The molecule has 1 fully saturated rings. The molecule has 182 valence electrons. The van der Waals surface area contributed by atoms with Gasteiger partial charge < -0.3 is 32.1 Å². The van der Waals surface area contributed by atoms with Crippen molar-refractivity contribution in [2.24, 2.45) is 23.3 Å². The van der Waals surface area contributed by atoms with Gasteiger partial charge in [0, 0.05) is 6.54 Å². The lowest BCUT2D eigenvalue weighted by Gasteiger charge is -2.29. The molecule has 11 nitrogen and oxygen atoms in total. The number of likely N-dealkylation sites (tertiary alicyclic amines) is 1. The predicted molar refractivity (Wildman–Crippen MR) is 117 cm³/mol. The first-order chi connectivity index (χ1) is 14.8. The lowest BCUT2D eigenvalue weighted by Crippen LogP contribution is -2.57. The van der Waals surface area contributed by atoms with Crippen LogP contribution < -0.4 is 22.1 Å². The summed E-state index contributed by atoms with van der Waals surface area (Å²) in [6.45, 7) is 7.86. The Labute approximate surface area is 188 Å². The van der Waals surface area contributed by atoms with Crippen molar-refractivity contribution >= 4 is 29.6 Å². The van der Waals surface area contributed by atoms with Crippen molar-refractivity contribution in [2.45, 2.75) is 84.0 Å². The molecule has 1 saturated heterocycles. The van der Waals surface area contributed by atoms with Gasteiger partial charge in [-0.2, -0.15) is 0 Å². The minimum Gasteiger partial charge on any atom is -0.480 e. The fourth-order valence-electron chi connectivity index (χ4n) is 3.77. The molecule has 7 N–H and O–H groups in total. The zero-order valence-corrected chi connectivity index (χ0v) is 19.3. The average Bonchev–Trinajstić information content (AvgIpc) is 3.14. The number of nitrogens with zero attached hydrogens (tertiary/aromatic N) is 1. The molecular weight excluding hydrogens is 418 g/mol. The Morgan fingerprint density at radius 2 is 1.59 bits per heavy atom. The third kappa shape index (κ3) is 8.45. The zero-order valence-electron chi connectivity index (χ0n) is 19.3. The van der Waals surface area contributed by atoms with E-state index >= 15 is 0 Å². The fourth-order valence-corrected chi connectivity index (χ4v) is 3.77. The molecule has 0 spiro atoms. The maximum Gasteiger partial charge on any atom is 0.326 e. The maximum atomic E-state index is 12.9. The summed E-state index contributed by atoms with van der Waals surface area (Å²) < 4.78 is 0. The van der Waals surface area contributed by atoms with Gasteiger partial charge in [-0.1, -0.05) is 27.7 Å². The van der Waals surface area contributed by atoms with Crippen molar-refractivity contribution < 1.29 is 29.1 Å². The normalized spacial score (nSPS) is 18.8. The van der Waals surface area contributed by atoms with E-state index in [-0.39, 0.29) is 24.2 Å². The number of carboxylic acids is 1. The quantitative estimate of drug-likeness (QED) is 0.258. The molecule has 11 heteroatoms. The van der Waals surface area contributed by atoms with Crippen molar-refractivity contribution in [3.63, 3.8) is 0 Å². The molecule has 1 aliphatic heterocycles. The van der Waals surface area contributed by atoms with Crippen molar-refractivity contribution in [3.8, 4) is 0 Å². The Morgan fingerprint density at radius 1 is 1.00 bits per heavy atom. The van der Waals surface area contributed by atoms with Crippen LogP contribution in [0.3, 0.4) is 0 Å². The Kier molecular flexibility index (Phi) is 10.6. The van der Waals surface area contributed by atoms with E-state index in [9.17, 15) is 29.1 Å². The van der Waals surface area contributed by atoms with Crippen LogP contribution in [0.1, 0.15) is 59.8 Å². The smallest absolute Gasteiger partial charge is 0.326 e. The summed E-state index contributed by atoms with van der Waals surface area (Å²) in [5, 5.41) is 14.2. The molecule has 0 bridgehead atoms. The van der Waals surface area contributed by atoms with Gasteiger partial charge in [-0.05, 0) is 37.5 Å². The molecule has 4 atom stereocenters. The predicted octanol–water partition coefficient (Wildman–Crippen LogP) is -0.673. The Balaban J connectivity index is 2.92. The van der Waals surface area contributed by atoms with Crippen LogP contribution in [0.15, 0.2) is 0 Å². The first-order valence-electron chi connectivity index (χ1n) is 11.0. The molecule has 1 aliphatic rings. The Morgan fingerprint density at radius 3 is 2.09 bits per heavy atom. The molecule has 4 amide bonds. The number of aliphatic carboxylic acids is 1. The van der Waals surface area contributed by atoms with Gasteiger partial charge in [0.15, 0.2) is 0 Å². The first kappa shape index (κ1) is 27.3. The van der Waals surface area contributed by atoms with E-state index in [0.29, 0.717) is 25.8 Å². The van der Waals surface area contributed by atoms with Crippen LogP contribution in [0.5, 0.6) is 0 Å². The second kappa shape index (κ2) is 12.4. The number of carbonyl (C=O) groups is 5. The lowest BCUT2D eigenvalue weighted by atomic mass is 10.0. The zero-order chi connectivity index (χ0) is 24.6. The fraction of sp³-hybridized carbons (Fsp3) is 0.762. The molecule has 32 heavy (non-hydrogen) atoms. The van der Waals surface area contributed by atoms with Gasteiger partial charge in [-0.25, -0.2) is 4.79 Å². The van der Waals surface area contributed by atoms with Gasteiger partial charge in [0.05, 0.1) is 12.5 Å². The summed E-state index contributed by atoms with van der Waals surface area (Å²) in [5.41, 5.74) is 11.2. The molecule has 0 aromatic rings. The molecule has 1 heterocycles. The standard InChI is InChI=1S/C21H37N5O6/c1-11(2)8-13(22)20(30)26-7-5-6-16(26)19(29)24-14(10-17(23)27)18(28)25-15(21(31)32)9-12(3)4/h11-16H,5-10,22H2,1-4H3,(H2,23,27)(H,24,29)(H,25,28)(H,31,32). The van der Waals surface area contributed by atoms with Gasteiger partial charge in [0.25, 0.3) is 0 Å². The van der Waals surface area contributed by atoms with Crippen molar-refractivity contribution in [3.05, 3.63) is 0 Å². The molecule has 0 aliphatic carbocycles. The highest BCUT2D eigenvalue weighted by atomic mass is 16.4. The van der Waals surface area contributed by atoms with E-state index in [0.717, 1.165) is 0 Å². The van der Waals surface area contributed by atoms with E-state index in [1.165, 1.54) is 4.90 Å². The van der Waals surface area contributed by atoms with E-state index < -0.39 is 54.3 Å². The largest absolute Gasteiger partial charge is 0.480 e. The van der Waals surface area contributed by atoms with Crippen LogP contribution in [0.4, 0.5) is 0 Å². The second-order valence-corrected chi connectivity index (χ2v) is 9.19. The number of amides is 4. The minimum atomic E-state index is -1.35. The third-order valence-corrected chi connectivity index (χ3v) is 5.24.